The third kappa shape index (κ3) is 2.70. The van der Waals surface area contributed by atoms with Crippen molar-refractivity contribution < 1.29 is 9.90 Å². The number of hydrogen-bond donors (Lipinski definition) is 1. The molecule has 2 aromatic rings. The number of carboxylic acids is 1. The summed E-state index contributed by atoms with van der Waals surface area (Å²) >= 11 is 0. The molecular weight excluding hydrogens is 296 g/mol. The lowest BCUT2D eigenvalue weighted by molar-refractivity contribution is 0.0695. The first-order valence-corrected chi connectivity index (χ1v) is 7.35. The molecule has 2 aromatic heterocycles. The van der Waals surface area contributed by atoms with Crippen LogP contribution in [0.3, 0.4) is 0 Å². The Bertz CT molecular complexity index is 835. The van der Waals surface area contributed by atoms with E-state index in [0.717, 1.165) is 32.0 Å². The zero-order chi connectivity index (χ0) is 16.6. The Morgan fingerprint density at radius 1 is 1.35 bits per heavy atom. The standard InChI is InChI=1S/C16H18N4O3/c1-3-19-10-12(16(22)23)15(21)11-9-17-14(8-13(11)19)20-6-4-18(2)5-7-20/h3,8-10H,1,4-7H2,2H3,(H,22,23). The first kappa shape index (κ1) is 15.2. The second-order valence-electron chi connectivity index (χ2n) is 5.62. The number of fused-ring (bicyclic) bond motifs is 1. The summed E-state index contributed by atoms with van der Waals surface area (Å²) in [5.41, 5.74) is -0.200. The summed E-state index contributed by atoms with van der Waals surface area (Å²) in [7, 11) is 2.08. The van der Waals surface area contributed by atoms with E-state index < -0.39 is 11.4 Å². The summed E-state index contributed by atoms with van der Waals surface area (Å²) in [4.78, 5) is 32.2. The highest BCUT2D eigenvalue weighted by atomic mass is 16.4. The van der Waals surface area contributed by atoms with Gasteiger partial charge in [0.05, 0.1) is 10.9 Å². The van der Waals surface area contributed by atoms with Crippen molar-refractivity contribution in [2.45, 2.75) is 0 Å². The minimum Gasteiger partial charge on any atom is -0.477 e. The van der Waals surface area contributed by atoms with Gasteiger partial charge in [-0.3, -0.25) is 4.79 Å². The van der Waals surface area contributed by atoms with Crippen LogP contribution < -0.4 is 10.3 Å². The lowest BCUT2D eigenvalue weighted by Gasteiger charge is -2.33. The molecule has 1 aliphatic rings. The molecule has 1 N–H and O–H groups in total. The van der Waals surface area contributed by atoms with E-state index in [0.29, 0.717) is 5.52 Å². The lowest BCUT2D eigenvalue weighted by atomic mass is 10.1. The van der Waals surface area contributed by atoms with Gasteiger partial charge in [0.1, 0.15) is 11.4 Å². The van der Waals surface area contributed by atoms with E-state index in [2.05, 4.69) is 28.4 Å². The Labute approximate surface area is 133 Å². The van der Waals surface area contributed by atoms with Crippen LogP contribution in [-0.2, 0) is 0 Å². The van der Waals surface area contributed by atoms with Gasteiger partial charge in [0, 0.05) is 50.8 Å². The molecule has 0 amide bonds. The third-order valence-electron chi connectivity index (χ3n) is 4.16. The number of nitrogens with zero attached hydrogens (tertiary/aromatic N) is 4. The minimum absolute atomic E-state index is 0.280. The van der Waals surface area contributed by atoms with Gasteiger partial charge in [0.15, 0.2) is 0 Å². The number of rotatable bonds is 3. The van der Waals surface area contributed by atoms with Crippen LogP contribution in [0.1, 0.15) is 10.4 Å². The number of anilines is 1. The number of carboxylic acid groups (broad SMARTS) is 1. The molecule has 0 radical (unpaired) electrons. The molecule has 0 unspecified atom stereocenters. The highest BCUT2D eigenvalue weighted by molar-refractivity contribution is 5.93. The molecule has 0 aromatic carbocycles. The monoisotopic (exact) mass is 314 g/mol. The molecule has 0 atom stereocenters. The third-order valence-corrected chi connectivity index (χ3v) is 4.16. The Kier molecular flexibility index (Phi) is 3.87. The van der Waals surface area contributed by atoms with Gasteiger partial charge < -0.3 is 19.5 Å². The van der Waals surface area contributed by atoms with Gasteiger partial charge in [-0.25, -0.2) is 9.78 Å². The molecule has 23 heavy (non-hydrogen) atoms. The summed E-state index contributed by atoms with van der Waals surface area (Å²) in [6.07, 6.45) is 4.24. The Morgan fingerprint density at radius 2 is 2.04 bits per heavy atom. The van der Waals surface area contributed by atoms with Crippen LogP contribution in [0.4, 0.5) is 5.82 Å². The average molecular weight is 314 g/mol. The van der Waals surface area contributed by atoms with Crippen molar-refractivity contribution in [3.05, 3.63) is 40.8 Å². The molecule has 0 bridgehead atoms. The van der Waals surface area contributed by atoms with Crippen molar-refractivity contribution in [2.75, 3.05) is 38.1 Å². The van der Waals surface area contributed by atoms with Crippen molar-refractivity contribution in [1.29, 1.82) is 0 Å². The molecule has 7 nitrogen and oxygen atoms in total. The molecule has 3 rings (SSSR count). The number of pyridine rings is 2. The number of hydrogen-bond acceptors (Lipinski definition) is 5. The van der Waals surface area contributed by atoms with Gasteiger partial charge in [0.2, 0.25) is 5.43 Å². The fraction of sp³-hybridized carbons (Fsp3) is 0.312. The predicted octanol–water partition coefficient (Wildman–Crippen LogP) is 0.947. The first-order valence-electron chi connectivity index (χ1n) is 7.35. The first-order chi connectivity index (χ1) is 11.0. The van der Waals surface area contributed by atoms with Crippen LogP contribution in [0.5, 0.6) is 0 Å². The largest absolute Gasteiger partial charge is 0.477 e. The van der Waals surface area contributed by atoms with Gasteiger partial charge in [0.25, 0.3) is 0 Å². The Hall–Kier alpha value is -2.67. The van der Waals surface area contributed by atoms with Gasteiger partial charge in [-0.1, -0.05) is 6.58 Å². The van der Waals surface area contributed by atoms with E-state index in [9.17, 15) is 9.59 Å². The molecule has 0 spiro atoms. The highest BCUT2D eigenvalue weighted by Gasteiger charge is 2.18. The number of likely N-dealkylation sites (N-methyl/N-ethyl adjacent to an activating group) is 1. The smallest absolute Gasteiger partial charge is 0.341 e. The van der Waals surface area contributed by atoms with Crippen LogP contribution in [0.25, 0.3) is 17.1 Å². The topological polar surface area (TPSA) is 78.7 Å². The molecule has 1 aliphatic heterocycles. The average Bonchev–Trinajstić information content (AvgIpc) is 2.55. The predicted molar refractivity (Wildman–Crippen MR) is 89.1 cm³/mol. The molecule has 0 saturated carbocycles. The molecule has 1 fully saturated rings. The lowest BCUT2D eigenvalue weighted by Crippen LogP contribution is -2.44. The van der Waals surface area contributed by atoms with Gasteiger partial charge in [-0.2, -0.15) is 0 Å². The molecule has 3 heterocycles. The van der Waals surface area contributed by atoms with E-state index in [1.165, 1.54) is 18.6 Å². The van der Waals surface area contributed by atoms with Crippen molar-refractivity contribution in [2.24, 2.45) is 0 Å². The van der Waals surface area contributed by atoms with Gasteiger partial charge >= 0.3 is 5.97 Å². The number of aromatic carboxylic acids is 1. The van der Waals surface area contributed by atoms with Crippen molar-refractivity contribution >= 4 is 28.9 Å². The zero-order valence-corrected chi connectivity index (χ0v) is 12.9. The summed E-state index contributed by atoms with van der Waals surface area (Å²) in [5, 5.41) is 9.43. The minimum atomic E-state index is -1.25. The van der Waals surface area contributed by atoms with E-state index in [1.807, 2.05) is 6.07 Å². The summed E-state index contributed by atoms with van der Waals surface area (Å²) in [6, 6.07) is 1.81. The maximum atomic E-state index is 12.3. The van der Waals surface area contributed by atoms with E-state index in [-0.39, 0.29) is 10.9 Å². The van der Waals surface area contributed by atoms with Crippen molar-refractivity contribution in [3.8, 4) is 0 Å². The molecule has 7 heteroatoms. The Balaban J connectivity index is 2.13. The molecular formula is C16H18N4O3. The van der Waals surface area contributed by atoms with Crippen LogP contribution in [0.15, 0.2) is 29.8 Å². The molecule has 1 saturated heterocycles. The molecule has 0 aliphatic carbocycles. The van der Waals surface area contributed by atoms with Crippen LogP contribution >= 0.6 is 0 Å². The van der Waals surface area contributed by atoms with Crippen molar-refractivity contribution in [1.82, 2.24) is 14.5 Å². The molecule has 120 valence electrons. The maximum absolute atomic E-state index is 12.3. The summed E-state index contributed by atoms with van der Waals surface area (Å²) < 4.78 is 1.56. The van der Waals surface area contributed by atoms with E-state index in [4.69, 9.17) is 5.11 Å². The summed E-state index contributed by atoms with van der Waals surface area (Å²) in [5.74, 6) is -0.473. The van der Waals surface area contributed by atoms with Gasteiger partial charge in [-0.15, -0.1) is 0 Å². The highest BCUT2D eigenvalue weighted by Crippen LogP contribution is 2.19. The quantitative estimate of drug-likeness (QED) is 0.908. The second-order valence-corrected chi connectivity index (χ2v) is 5.62. The number of carbonyl (C=O) groups is 1. The zero-order valence-electron chi connectivity index (χ0n) is 12.9. The number of piperazine rings is 1. The van der Waals surface area contributed by atoms with Crippen molar-refractivity contribution in [3.63, 3.8) is 0 Å². The maximum Gasteiger partial charge on any atom is 0.341 e. The van der Waals surface area contributed by atoms with E-state index in [1.54, 1.807) is 4.57 Å². The Morgan fingerprint density at radius 3 is 2.65 bits per heavy atom. The summed E-state index contributed by atoms with van der Waals surface area (Å²) in [6.45, 7) is 7.31. The normalized spacial score (nSPS) is 15.8. The fourth-order valence-electron chi connectivity index (χ4n) is 2.75. The van der Waals surface area contributed by atoms with Crippen LogP contribution in [-0.4, -0.2) is 58.8 Å². The van der Waals surface area contributed by atoms with E-state index >= 15 is 0 Å². The van der Waals surface area contributed by atoms with Crippen LogP contribution in [0.2, 0.25) is 0 Å². The van der Waals surface area contributed by atoms with Gasteiger partial charge in [-0.05, 0) is 7.05 Å². The number of aromatic nitrogens is 2. The second kappa shape index (κ2) is 5.85. The van der Waals surface area contributed by atoms with Crippen LogP contribution in [0, 0.1) is 0 Å². The fourth-order valence-corrected chi connectivity index (χ4v) is 2.75. The SMILES string of the molecule is C=Cn1cc(C(=O)O)c(=O)c2cnc(N3CCN(C)CC3)cc21.